The Morgan fingerprint density at radius 1 is 1.16 bits per heavy atom. The normalized spacial score (nSPS) is 13.3. The minimum absolute atomic E-state index is 0.168. The Hall–Kier alpha value is -1.60. The van der Waals surface area contributed by atoms with Crippen molar-refractivity contribution in [2.75, 3.05) is 11.1 Å². The number of thioether (sulfide) groups is 1. The van der Waals surface area contributed by atoms with Gasteiger partial charge in [0.05, 0.1) is 5.75 Å². The van der Waals surface area contributed by atoms with Crippen LogP contribution in [0.25, 0.3) is 0 Å². The summed E-state index contributed by atoms with van der Waals surface area (Å²) in [4.78, 5) is 14.7. The maximum atomic E-state index is 12.7. The van der Waals surface area contributed by atoms with Crippen molar-refractivity contribution < 1.29 is 4.79 Å². The van der Waals surface area contributed by atoms with Gasteiger partial charge in [0.1, 0.15) is 0 Å². The van der Waals surface area contributed by atoms with Crippen molar-refractivity contribution in [2.45, 2.75) is 57.0 Å². The molecule has 25 heavy (non-hydrogen) atoms. The third kappa shape index (κ3) is 5.71. The molecule has 0 fully saturated rings. The van der Waals surface area contributed by atoms with Crippen LogP contribution >= 0.6 is 23.1 Å². The maximum Gasteiger partial charge on any atom is 0.233 e. The Morgan fingerprint density at radius 3 is 2.40 bits per heavy atom. The van der Waals surface area contributed by atoms with Crippen LogP contribution in [0.2, 0.25) is 0 Å². The second-order valence-corrected chi connectivity index (χ2v) is 8.17. The lowest BCUT2D eigenvalue weighted by Crippen LogP contribution is -2.45. The first kappa shape index (κ1) is 19.7. The summed E-state index contributed by atoms with van der Waals surface area (Å²) in [5.41, 5.74) is 0.978. The van der Waals surface area contributed by atoms with Crippen LogP contribution in [-0.2, 0) is 4.79 Å². The van der Waals surface area contributed by atoms with Crippen molar-refractivity contribution in [3.05, 3.63) is 30.3 Å². The molecule has 2 atom stereocenters. The minimum atomic E-state index is 0.168. The molecule has 136 valence electrons. The minimum Gasteiger partial charge on any atom is -0.337 e. The highest BCUT2D eigenvalue weighted by molar-refractivity contribution is 8.01. The fourth-order valence-electron chi connectivity index (χ4n) is 2.48. The predicted molar refractivity (Wildman–Crippen MR) is 107 cm³/mol. The van der Waals surface area contributed by atoms with E-state index in [0.717, 1.165) is 28.0 Å². The van der Waals surface area contributed by atoms with Crippen molar-refractivity contribution in [3.63, 3.8) is 0 Å². The first-order chi connectivity index (χ1) is 12.0. The Balaban J connectivity index is 1.93. The van der Waals surface area contributed by atoms with E-state index in [1.165, 1.54) is 23.1 Å². The molecule has 2 aromatic rings. The molecule has 1 heterocycles. The third-order valence-electron chi connectivity index (χ3n) is 4.17. The second kappa shape index (κ2) is 9.77. The Labute approximate surface area is 158 Å². The lowest BCUT2D eigenvalue weighted by atomic mass is 10.1. The molecular weight excluding hydrogens is 352 g/mol. The van der Waals surface area contributed by atoms with Gasteiger partial charge in [-0.1, -0.05) is 55.1 Å². The average Bonchev–Trinajstić information content (AvgIpc) is 3.08. The van der Waals surface area contributed by atoms with E-state index in [2.05, 4.69) is 43.2 Å². The first-order valence-corrected chi connectivity index (χ1v) is 10.4. The zero-order valence-corrected chi connectivity index (χ0v) is 16.9. The van der Waals surface area contributed by atoms with Gasteiger partial charge < -0.3 is 10.2 Å². The van der Waals surface area contributed by atoms with Crippen LogP contribution in [0.5, 0.6) is 0 Å². The third-order valence-corrected chi connectivity index (χ3v) is 6.13. The van der Waals surface area contributed by atoms with Crippen molar-refractivity contribution in [1.82, 2.24) is 15.1 Å². The predicted octanol–water partition coefficient (Wildman–Crippen LogP) is 4.80. The number of hydrogen-bond acceptors (Lipinski definition) is 6. The number of aromatic nitrogens is 2. The number of carbonyl (C=O) groups excluding carboxylic acids is 1. The Bertz CT molecular complexity index is 652. The first-order valence-electron chi connectivity index (χ1n) is 8.64. The zero-order valence-electron chi connectivity index (χ0n) is 15.2. The van der Waals surface area contributed by atoms with Crippen LogP contribution in [0.15, 0.2) is 34.7 Å². The van der Waals surface area contributed by atoms with Crippen LogP contribution in [-0.4, -0.2) is 38.8 Å². The molecule has 1 aromatic heterocycles. The Morgan fingerprint density at radius 2 is 1.80 bits per heavy atom. The molecule has 2 rings (SSSR count). The van der Waals surface area contributed by atoms with Gasteiger partial charge >= 0.3 is 0 Å². The molecule has 1 N–H and O–H groups in total. The van der Waals surface area contributed by atoms with Gasteiger partial charge in [0, 0.05) is 17.8 Å². The monoisotopic (exact) mass is 378 g/mol. The van der Waals surface area contributed by atoms with Crippen LogP contribution in [0, 0.1) is 0 Å². The molecule has 0 bridgehead atoms. The molecule has 1 aromatic carbocycles. The van der Waals surface area contributed by atoms with E-state index in [0.29, 0.717) is 5.75 Å². The van der Waals surface area contributed by atoms with Gasteiger partial charge in [-0.2, -0.15) is 0 Å². The molecule has 7 heteroatoms. The SMILES string of the molecule is CC[C@@H](C)N(C(=O)CSc1nnc(Nc2ccccc2)s1)[C@H](C)CC. The molecule has 1 amide bonds. The molecule has 0 saturated heterocycles. The van der Waals surface area contributed by atoms with E-state index in [4.69, 9.17) is 0 Å². The molecule has 0 spiro atoms. The summed E-state index contributed by atoms with van der Waals surface area (Å²) < 4.78 is 0.806. The molecule has 0 saturated carbocycles. The van der Waals surface area contributed by atoms with E-state index >= 15 is 0 Å². The highest BCUT2D eigenvalue weighted by atomic mass is 32.2. The van der Waals surface area contributed by atoms with Gasteiger partial charge in [-0.15, -0.1) is 10.2 Å². The number of rotatable bonds is 9. The van der Waals surface area contributed by atoms with Crippen molar-refractivity contribution in [2.24, 2.45) is 0 Å². The number of hydrogen-bond donors (Lipinski definition) is 1. The van der Waals surface area contributed by atoms with E-state index in [9.17, 15) is 4.79 Å². The second-order valence-electron chi connectivity index (χ2n) is 5.97. The van der Waals surface area contributed by atoms with Gasteiger partial charge in [0.15, 0.2) is 4.34 Å². The summed E-state index contributed by atoms with van der Waals surface area (Å²) in [7, 11) is 0. The van der Waals surface area contributed by atoms with Crippen molar-refractivity contribution in [1.29, 1.82) is 0 Å². The lowest BCUT2D eigenvalue weighted by Gasteiger charge is -2.33. The van der Waals surface area contributed by atoms with Gasteiger partial charge in [-0.3, -0.25) is 4.79 Å². The van der Waals surface area contributed by atoms with Crippen LogP contribution in [0.4, 0.5) is 10.8 Å². The van der Waals surface area contributed by atoms with Crippen molar-refractivity contribution >= 4 is 39.8 Å². The fraction of sp³-hybridized carbons (Fsp3) is 0.500. The lowest BCUT2D eigenvalue weighted by molar-refractivity contribution is -0.132. The molecular formula is C18H26N4OS2. The summed E-state index contributed by atoms with van der Waals surface area (Å²) in [5, 5.41) is 12.3. The summed E-state index contributed by atoms with van der Waals surface area (Å²) in [5.74, 6) is 0.565. The zero-order chi connectivity index (χ0) is 18.2. The number of carbonyl (C=O) groups is 1. The quantitative estimate of drug-likeness (QED) is 0.635. The summed E-state index contributed by atoms with van der Waals surface area (Å²) in [6.07, 6.45) is 1.93. The smallest absolute Gasteiger partial charge is 0.233 e. The fourth-order valence-corrected chi connectivity index (χ4v) is 4.12. The van der Waals surface area contributed by atoms with Gasteiger partial charge in [-0.05, 0) is 38.8 Å². The molecule has 0 aliphatic heterocycles. The highest BCUT2D eigenvalue weighted by Gasteiger charge is 2.23. The standard InChI is InChI=1S/C18H26N4OS2/c1-5-13(3)22(14(4)6-2)16(23)12-24-18-21-20-17(25-18)19-15-10-8-7-9-11-15/h7-11,13-14H,5-6,12H2,1-4H3,(H,19,20)/t13-,14-/m1/s1. The molecule has 0 unspecified atom stereocenters. The number of nitrogens with one attached hydrogen (secondary N) is 1. The summed E-state index contributed by atoms with van der Waals surface area (Å²) in [6, 6.07) is 10.4. The molecule has 5 nitrogen and oxygen atoms in total. The molecule has 0 aliphatic carbocycles. The molecule has 0 radical (unpaired) electrons. The number of anilines is 2. The van der Waals surface area contributed by atoms with Gasteiger partial charge in [0.25, 0.3) is 0 Å². The van der Waals surface area contributed by atoms with E-state index in [1.54, 1.807) is 0 Å². The number of nitrogens with zero attached hydrogens (tertiary/aromatic N) is 3. The van der Waals surface area contributed by atoms with E-state index in [-0.39, 0.29) is 18.0 Å². The van der Waals surface area contributed by atoms with Gasteiger partial charge in [-0.25, -0.2) is 0 Å². The number of para-hydroxylation sites is 1. The van der Waals surface area contributed by atoms with Crippen LogP contribution in [0.1, 0.15) is 40.5 Å². The van der Waals surface area contributed by atoms with Crippen LogP contribution < -0.4 is 5.32 Å². The highest BCUT2D eigenvalue weighted by Crippen LogP contribution is 2.28. The average molecular weight is 379 g/mol. The molecule has 0 aliphatic rings. The maximum absolute atomic E-state index is 12.7. The summed E-state index contributed by atoms with van der Waals surface area (Å²) in [6.45, 7) is 8.46. The summed E-state index contributed by atoms with van der Waals surface area (Å²) >= 11 is 2.93. The van der Waals surface area contributed by atoms with Crippen LogP contribution in [0.3, 0.4) is 0 Å². The Kier molecular flexibility index (Phi) is 7.71. The van der Waals surface area contributed by atoms with E-state index in [1.807, 2.05) is 35.2 Å². The van der Waals surface area contributed by atoms with Gasteiger partial charge in [0.2, 0.25) is 11.0 Å². The topological polar surface area (TPSA) is 58.1 Å². The number of benzene rings is 1. The van der Waals surface area contributed by atoms with Crippen molar-refractivity contribution in [3.8, 4) is 0 Å². The number of amides is 1. The largest absolute Gasteiger partial charge is 0.337 e. The van der Waals surface area contributed by atoms with E-state index < -0.39 is 0 Å².